The van der Waals surface area contributed by atoms with Gasteiger partial charge in [0.1, 0.15) is 0 Å². The highest BCUT2D eigenvalue weighted by atomic mass is 32.2. The monoisotopic (exact) mass is 337 g/mol. The molecule has 0 radical (unpaired) electrons. The van der Waals surface area contributed by atoms with Crippen LogP contribution in [0.1, 0.15) is 32.6 Å². The van der Waals surface area contributed by atoms with E-state index in [-0.39, 0.29) is 40.8 Å². The van der Waals surface area contributed by atoms with E-state index in [1.54, 1.807) is 0 Å². The molecule has 122 valence electrons. The van der Waals surface area contributed by atoms with Crippen LogP contribution in [-0.2, 0) is 19.4 Å². The smallest absolute Gasteiger partial charge is 0.303 e. The van der Waals surface area contributed by atoms with Gasteiger partial charge in [-0.2, -0.15) is 0 Å². The van der Waals surface area contributed by atoms with E-state index in [2.05, 4.69) is 5.32 Å². The SMILES string of the molecule is CC(CCNC(=O)CSC1CCS(=O)(=O)C1)CCC(=O)O. The van der Waals surface area contributed by atoms with Crippen molar-refractivity contribution in [1.82, 2.24) is 5.32 Å². The minimum absolute atomic E-state index is 0.0373. The van der Waals surface area contributed by atoms with E-state index < -0.39 is 15.8 Å². The van der Waals surface area contributed by atoms with Gasteiger partial charge in [0, 0.05) is 18.2 Å². The summed E-state index contributed by atoms with van der Waals surface area (Å²) in [5.74, 6) is 0.0615. The van der Waals surface area contributed by atoms with Crippen molar-refractivity contribution in [2.45, 2.75) is 37.9 Å². The quantitative estimate of drug-likeness (QED) is 0.649. The van der Waals surface area contributed by atoms with Crippen LogP contribution in [-0.4, -0.2) is 54.5 Å². The van der Waals surface area contributed by atoms with Crippen LogP contribution in [0.25, 0.3) is 0 Å². The van der Waals surface area contributed by atoms with Gasteiger partial charge in [-0.1, -0.05) is 6.92 Å². The minimum atomic E-state index is -2.89. The van der Waals surface area contributed by atoms with E-state index in [9.17, 15) is 18.0 Å². The van der Waals surface area contributed by atoms with Gasteiger partial charge >= 0.3 is 5.97 Å². The zero-order chi connectivity index (χ0) is 15.9. The number of aliphatic carboxylic acids is 1. The fourth-order valence-corrected chi connectivity index (χ4v) is 5.58. The Balaban J connectivity index is 2.08. The molecular weight excluding hydrogens is 314 g/mol. The van der Waals surface area contributed by atoms with Gasteiger partial charge in [0.05, 0.1) is 17.3 Å². The Kier molecular flexibility index (Phi) is 7.51. The summed E-state index contributed by atoms with van der Waals surface area (Å²) in [6.07, 6.45) is 2.15. The predicted molar refractivity (Wildman–Crippen MR) is 83.2 cm³/mol. The molecule has 8 heteroatoms. The lowest BCUT2D eigenvalue weighted by Crippen LogP contribution is -2.28. The lowest BCUT2D eigenvalue weighted by atomic mass is 10.0. The summed E-state index contributed by atoms with van der Waals surface area (Å²) in [6.45, 7) is 2.50. The van der Waals surface area contributed by atoms with Crippen molar-refractivity contribution in [1.29, 1.82) is 0 Å². The highest BCUT2D eigenvalue weighted by Crippen LogP contribution is 2.23. The van der Waals surface area contributed by atoms with Crippen LogP contribution in [0.3, 0.4) is 0 Å². The molecular formula is C13H23NO5S2. The van der Waals surface area contributed by atoms with Crippen molar-refractivity contribution in [3.8, 4) is 0 Å². The zero-order valence-corrected chi connectivity index (χ0v) is 13.8. The number of carboxylic acids is 1. The van der Waals surface area contributed by atoms with Crippen molar-refractivity contribution in [2.75, 3.05) is 23.8 Å². The standard InChI is InChI=1S/C13H23NO5S2/c1-10(2-3-13(16)17)4-6-14-12(15)8-20-11-5-7-21(18,19)9-11/h10-11H,2-9H2,1H3,(H,14,15)(H,16,17). The second kappa shape index (κ2) is 8.63. The highest BCUT2D eigenvalue weighted by Gasteiger charge is 2.28. The maximum absolute atomic E-state index is 11.6. The molecule has 1 rings (SSSR count). The molecule has 2 N–H and O–H groups in total. The summed E-state index contributed by atoms with van der Waals surface area (Å²) in [7, 11) is -2.89. The number of carbonyl (C=O) groups excluding carboxylic acids is 1. The first-order valence-electron chi connectivity index (χ1n) is 7.09. The van der Waals surface area contributed by atoms with Crippen LogP contribution < -0.4 is 5.32 Å². The van der Waals surface area contributed by atoms with E-state index in [0.29, 0.717) is 19.4 Å². The Bertz CT molecular complexity index is 463. The zero-order valence-electron chi connectivity index (χ0n) is 12.2. The first kappa shape index (κ1) is 18.3. The molecule has 1 aliphatic heterocycles. The molecule has 2 atom stereocenters. The van der Waals surface area contributed by atoms with Crippen LogP contribution >= 0.6 is 11.8 Å². The Morgan fingerprint density at radius 3 is 2.67 bits per heavy atom. The van der Waals surface area contributed by atoms with E-state index in [0.717, 1.165) is 6.42 Å². The lowest BCUT2D eigenvalue weighted by molar-refractivity contribution is -0.137. The Hall–Kier alpha value is -0.760. The van der Waals surface area contributed by atoms with Crippen LogP contribution in [0, 0.1) is 5.92 Å². The maximum atomic E-state index is 11.6. The van der Waals surface area contributed by atoms with E-state index in [1.807, 2.05) is 6.92 Å². The van der Waals surface area contributed by atoms with Crippen molar-refractivity contribution < 1.29 is 23.1 Å². The molecule has 1 aliphatic rings. The third-order valence-electron chi connectivity index (χ3n) is 3.45. The molecule has 0 aromatic carbocycles. The van der Waals surface area contributed by atoms with Gasteiger partial charge in [-0.05, 0) is 25.2 Å². The molecule has 0 aromatic rings. The molecule has 1 amide bonds. The molecule has 0 saturated carbocycles. The second-order valence-corrected chi connectivity index (χ2v) is 9.03. The summed E-state index contributed by atoms with van der Waals surface area (Å²) in [5, 5.41) is 11.4. The largest absolute Gasteiger partial charge is 0.481 e. The third kappa shape index (κ3) is 8.31. The summed E-state index contributed by atoms with van der Waals surface area (Å²) in [6, 6.07) is 0. The first-order valence-corrected chi connectivity index (χ1v) is 9.96. The highest BCUT2D eigenvalue weighted by molar-refractivity contribution is 8.02. The third-order valence-corrected chi connectivity index (χ3v) is 6.73. The average Bonchev–Trinajstić information content (AvgIpc) is 2.73. The number of sulfone groups is 1. The number of carbonyl (C=O) groups is 2. The number of nitrogens with one attached hydrogen (secondary N) is 1. The Morgan fingerprint density at radius 1 is 1.38 bits per heavy atom. The normalized spacial score (nSPS) is 21.9. The molecule has 0 aromatic heterocycles. The summed E-state index contributed by atoms with van der Waals surface area (Å²) in [5.41, 5.74) is 0. The van der Waals surface area contributed by atoms with Gasteiger partial charge in [-0.3, -0.25) is 9.59 Å². The molecule has 0 spiro atoms. The van der Waals surface area contributed by atoms with Gasteiger partial charge < -0.3 is 10.4 Å². The van der Waals surface area contributed by atoms with Crippen molar-refractivity contribution in [2.24, 2.45) is 5.92 Å². The summed E-state index contributed by atoms with van der Waals surface area (Å²) >= 11 is 1.40. The number of hydrogen-bond acceptors (Lipinski definition) is 5. The number of thioether (sulfide) groups is 1. The summed E-state index contributed by atoms with van der Waals surface area (Å²) < 4.78 is 22.6. The van der Waals surface area contributed by atoms with Gasteiger partial charge in [-0.15, -0.1) is 11.8 Å². The second-order valence-electron chi connectivity index (χ2n) is 5.51. The number of carboxylic acid groups (broad SMARTS) is 1. The predicted octanol–water partition coefficient (Wildman–Crippen LogP) is 0.914. The molecule has 0 bridgehead atoms. The Labute approximate surface area is 130 Å². The van der Waals surface area contributed by atoms with Crippen LogP contribution in [0.2, 0.25) is 0 Å². The number of rotatable bonds is 9. The summed E-state index contributed by atoms with van der Waals surface area (Å²) in [4.78, 5) is 22.1. The molecule has 21 heavy (non-hydrogen) atoms. The van der Waals surface area contributed by atoms with Crippen molar-refractivity contribution in [3.63, 3.8) is 0 Å². The Morgan fingerprint density at radius 2 is 2.10 bits per heavy atom. The molecule has 0 aliphatic carbocycles. The van der Waals surface area contributed by atoms with Gasteiger partial charge in [0.25, 0.3) is 0 Å². The fourth-order valence-electron chi connectivity index (χ4n) is 2.11. The number of hydrogen-bond donors (Lipinski definition) is 2. The average molecular weight is 337 g/mol. The van der Waals surface area contributed by atoms with Gasteiger partial charge in [-0.25, -0.2) is 8.42 Å². The fraction of sp³-hybridized carbons (Fsp3) is 0.846. The molecule has 1 heterocycles. The number of amides is 1. The topological polar surface area (TPSA) is 101 Å². The van der Waals surface area contributed by atoms with E-state index in [1.165, 1.54) is 11.8 Å². The molecule has 1 saturated heterocycles. The maximum Gasteiger partial charge on any atom is 0.303 e. The van der Waals surface area contributed by atoms with Crippen LogP contribution in [0.5, 0.6) is 0 Å². The van der Waals surface area contributed by atoms with Crippen LogP contribution in [0.4, 0.5) is 0 Å². The lowest BCUT2D eigenvalue weighted by Gasteiger charge is -2.11. The van der Waals surface area contributed by atoms with Gasteiger partial charge in [0.15, 0.2) is 9.84 Å². The van der Waals surface area contributed by atoms with Crippen molar-refractivity contribution >= 4 is 33.5 Å². The molecule has 2 unspecified atom stereocenters. The molecule has 6 nitrogen and oxygen atoms in total. The van der Waals surface area contributed by atoms with E-state index >= 15 is 0 Å². The molecule has 1 fully saturated rings. The van der Waals surface area contributed by atoms with Gasteiger partial charge in [0.2, 0.25) is 5.91 Å². The van der Waals surface area contributed by atoms with Crippen molar-refractivity contribution in [3.05, 3.63) is 0 Å². The van der Waals surface area contributed by atoms with Crippen LogP contribution in [0.15, 0.2) is 0 Å². The van der Waals surface area contributed by atoms with E-state index in [4.69, 9.17) is 5.11 Å². The first-order chi connectivity index (χ1) is 9.78. The minimum Gasteiger partial charge on any atom is -0.481 e.